The predicted molar refractivity (Wildman–Crippen MR) is 118 cm³/mol. The second-order valence-electron chi connectivity index (χ2n) is 7.51. The van der Waals surface area contributed by atoms with Gasteiger partial charge in [-0.3, -0.25) is 0 Å². The molecule has 0 amide bonds. The van der Waals surface area contributed by atoms with Crippen LogP contribution in [0.5, 0.6) is 0 Å². The zero-order chi connectivity index (χ0) is 21.3. The molecule has 0 spiro atoms. The maximum atomic E-state index is 13.0. The summed E-state index contributed by atoms with van der Waals surface area (Å²) in [5, 5.41) is 4.67. The van der Waals surface area contributed by atoms with Gasteiger partial charge >= 0.3 is 0 Å². The zero-order valence-corrected chi connectivity index (χ0v) is 18.4. The fourth-order valence-corrected chi connectivity index (χ4v) is 5.41. The minimum atomic E-state index is -3.47. The highest BCUT2D eigenvalue weighted by Gasteiger charge is 2.30. The summed E-state index contributed by atoms with van der Waals surface area (Å²) < 4.78 is 29.5. The number of hydrogen-bond donors (Lipinski definition) is 0. The van der Waals surface area contributed by atoms with Crippen molar-refractivity contribution in [1.29, 1.82) is 0 Å². The number of pyridine rings is 1. The lowest BCUT2D eigenvalue weighted by Gasteiger charge is -2.35. The fourth-order valence-electron chi connectivity index (χ4n) is 3.99. The van der Waals surface area contributed by atoms with Crippen LogP contribution in [0.2, 0.25) is 0 Å². The minimum absolute atomic E-state index is 0.364. The molecule has 7 nitrogen and oxygen atoms in total. The summed E-state index contributed by atoms with van der Waals surface area (Å²) in [6.45, 7) is 8.23. The van der Waals surface area contributed by atoms with Crippen LogP contribution < -0.4 is 4.90 Å². The molecule has 0 saturated carbocycles. The summed E-state index contributed by atoms with van der Waals surface area (Å²) in [7, 11) is -3.47. The van der Waals surface area contributed by atoms with Crippen LogP contribution in [-0.4, -0.2) is 53.7 Å². The number of anilines is 1. The van der Waals surface area contributed by atoms with E-state index in [-0.39, 0.29) is 0 Å². The third-order valence-electron chi connectivity index (χ3n) is 5.64. The van der Waals surface area contributed by atoms with Gasteiger partial charge in [-0.25, -0.2) is 18.1 Å². The highest BCUT2D eigenvalue weighted by Crippen LogP contribution is 2.28. The first-order valence-corrected chi connectivity index (χ1v) is 11.7. The topological polar surface area (TPSA) is 71.3 Å². The van der Waals surface area contributed by atoms with E-state index in [0.717, 1.165) is 34.9 Å². The van der Waals surface area contributed by atoms with Gasteiger partial charge < -0.3 is 4.90 Å². The number of rotatable bonds is 5. The molecule has 1 aliphatic heterocycles. The molecule has 0 bridgehead atoms. The highest BCUT2D eigenvalue weighted by atomic mass is 32.2. The second-order valence-corrected chi connectivity index (χ2v) is 9.45. The SMILES string of the molecule is CCc1ccc(S(=O)(=O)N2CCN(c3c(C)nn(-c4ccccn4)c3C)CC2)cc1. The van der Waals surface area contributed by atoms with Crippen LogP contribution in [0.1, 0.15) is 23.9 Å². The summed E-state index contributed by atoms with van der Waals surface area (Å²) in [5.41, 5.74) is 4.13. The maximum Gasteiger partial charge on any atom is 0.243 e. The van der Waals surface area contributed by atoms with E-state index in [1.54, 1.807) is 22.6 Å². The van der Waals surface area contributed by atoms with E-state index in [1.807, 2.05) is 48.9 Å². The Labute approximate surface area is 178 Å². The Morgan fingerprint density at radius 1 is 0.967 bits per heavy atom. The van der Waals surface area contributed by atoms with Crippen LogP contribution in [0, 0.1) is 13.8 Å². The number of benzene rings is 1. The molecule has 1 saturated heterocycles. The summed E-state index contributed by atoms with van der Waals surface area (Å²) >= 11 is 0. The van der Waals surface area contributed by atoms with Gasteiger partial charge in [0.15, 0.2) is 5.82 Å². The molecule has 3 aromatic rings. The third-order valence-corrected chi connectivity index (χ3v) is 7.56. The molecule has 0 atom stereocenters. The Bertz CT molecular complexity index is 1120. The molecule has 0 unspecified atom stereocenters. The number of hydrogen-bond acceptors (Lipinski definition) is 5. The van der Waals surface area contributed by atoms with E-state index in [2.05, 4.69) is 21.9 Å². The van der Waals surface area contributed by atoms with Crippen molar-refractivity contribution in [2.24, 2.45) is 0 Å². The largest absolute Gasteiger partial charge is 0.366 e. The maximum absolute atomic E-state index is 13.0. The standard InChI is InChI=1S/C22H27N5O2S/c1-4-19-8-10-20(11-9-19)30(28,29)26-15-13-25(14-16-26)22-17(2)24-27(18(22)3)21-7-5-6-12-23-21/h5-12H,4,13-16H2,1-3H3. The van der Waals surface area contributed by atoms with Gasteiger partial charge in [-0.15, -0.1) is 0 Å². The fraction of sp³-hybridized carbons (Fsp3) is 0.364. The Morgan fingerprint density at radius 2 is 1.67 bits per heavy atom. The minimum Gasteiger partial charge on any atom is -0.366 e. The molecule has 4 rings (SSSR count). The van der Waals surface area contributed by atoms with Crippen molar-refractivity contribution >= 4 is 15.7 Å². The molecule has 0 N–H and O–H groups in total. The van der Waals surface area contributed by atoms with Gasteiger partial charge in [0.25, 0.3) is 0 Å². The zero-order valence-electron chi connectivity index (χ0n) is 17.6. The van der Waals surface area contributed by atoms with Gasteiger partial charge in [0.2, 0.25) is 10.0 Å². The number of aromatic nitrogens is 3. The molecule has 158 valence electrons. The first-order valence-electron chi connectivity index (χ1n) is 10.2. The Balaban J connectivity index is 1.52. The van der Waals surface area contributed by atoms with Crippen molar-refractivity contribution in [2.45, 2.75) is 32.1 Å². The first kappa shape index (κ1) is 20.6. The molecule has 0 aliphatic carbocycles. The normalized spacial score (nSPS) is 15.5. The number of sulfonamides is 1. The molecular formula is C22H27N5O2S. The summed E-state index contributed by atoms with van der Waals surface area (Å²) in [6.07, 6.45) is 2.64. The lowest BCUT2D eigenvalue weighted by molar-refractivity contribution is 0.384. The van der Waals surface area contributed by atoms with E-state index in [0.29, 0.717) is 31.1 Å². The van der Waals surface area contributed by atoms with Crippen molar-refractivity contribution in [1.82, 2.24) is 19.1 Å². The summed E-state index contributed by atoms with van der Waals surface area (Å²) in [6, 6.07) is 13.0. The van der Waals surface area contributed by atoms with Gasteiger partial charge in [-0.2, -0.15) is 9.40 Å². The van der Waals surface area contributed by atoms with Crippen molar-refractivity contribution in [3.8, 4) is 5.82 Å². The highest BCUT2D eigenvalue weighted by molar-refractivity contribution is 7.89. The Kier molecular flexibility index (Phi) is 5.62. The van der Waals surface area contributed by atoms with E-state index in [4.69, 9.17) is 0 Å². The average molecular weight is 426 g/mol. The molecular weight excluding hydrogens is 398 g/mol. The molecule has 0 radical (unpaired) electrons. The molecule has 1 aromatic carbocycles. The average Bonchev–Trinajstić information content (AvgIpc) is 3.08. The van der Waals surface area contributed by atoms with Crippen LogP contribution in [0.15, 0.2) is 53.6 Å². The van der Waals surface area contributed by atoms with Gasteiger partial charge in [0, 0.05) is 32.4 Å². The number of nitrogens with zero attached hydrogens (tertiary/aromatic N) is 5. The van der Waals surface area contributed by atoms with Gasteiger partial charge in [-0.1, -0.05) is 25.1 Å². The Morgan fingerprint density at radius 3 is 2.27 bits per heavy atom. The number of piperazine rings is 1. The predicted octanol–water partition coefficient (Wildman–Crippen LogP) is 2.96. The van der Waals surface area contributed by atoms with Crippen LogP contribution >= 0.6 is 0 Å². The molecule has 8 heteroatoms. The van der Waals surface area contributed by atoms with Crippen LogP contribution in [0.25, 0.3) is 5.82 Å². The van der Waals surface area contributed by atoms with E-state index < -0.39 is 10.0 Å². The van der Waals surface area contributed by atoms with Crippen molar-refractivity contribution in [2.75, 3.05) is 31.1 Å². The second kappa shape index (κ2) is 8.20. The van der Waals surface area contributed by atoms with E-state index >= 15 is 0 Å². The molecule has 2 aromatic heterocycles. The van der Waals surface area contributed by atoms with Crippen molar-refractivity contribution in [3.63, 3.8) is 0 Å². The molecule has 1 aliphatic rings. The van der Waals surface area contributed by atoms with Gasteiger partial charge in [0.05, 0.1) is 22.0 Å². The van der Waals surface area contributed by atoms with Gasteiger partial charge in [0.1, 0.15) is 0 Å². The van der Waals surface area contributed by atoms with Gasteiger partial charge in [-0.05, 0) is 50.1 Å². The van der Waals surface area contributed by atoms with Crippen LogP contribution in [0.3, 0.4) is 0 Å². The molecule has 30 heavy (non-hydrogen) atoms. The summed E-state index contributed by atoms with van der Waals surface area (Å²) in [5.74, 6) is 0.779. The lowest BCUT2D eigenvalue weighted by atomic mass is 10.2. The molecule has 1 fully saturated rings. The Hall–Kier alpha value is -2.71. The van der Waals surface area contributed by atoms with E-state index in [9.17, 15) is 8.42 Å². The van der Waals surface area contributed by atoms with Crippen LogP contribution in [0.4, 0.5) is 5.69 Å². The first-order chi connectivity index (χ1) is 14.4. The van der Waals surface area contributed by atoms with Crippen molar-refractivity contribution < 1.29 is 8.42 Å². The summed E-state index contributed by atoms with van der Waals surface area (Å²) in [4.78, 5) is 6.98. The van der Waals surface area contributed by atoms with Crippen molar-refractivity contribution in [3.05, 3.63) is 65.6 Å². The quantitative estimate of drug-likeness (QED) is 0.629. The smallest absolute Gasteiger partial charge is 0.243 e. The molecule has 3 heterocycles. The third kappa shape index (κ3) is 3.73. The lowest BCUT2D eigenvalue weighted by Crippen LogP contribution is -2.49. The monoisotopic (exact) mass is 425 g/mol. The van der Waals surface area contributed by atoms with E-state index in [1.165, 1.54) is 0 Å². The van der Waals surface area contributed by atoms with Crippen LogP contribution in [-0.2, 0) is 16.4 Å². The number of aryl methyl sites for hydroxylation is 2.